The van der Waals surface area contributed by atoms with Gasteiger partial charge in [-0.15, -0.1) is 0 Å². The Balaban J connectivity index is 1.38. The van der Waals surface area contributed by atoms with E-state index in [2.05, 4.69) is 45.2 Å². The maximum atomic E-state index is 13.0. The molecule has 0 radical (unpaired) electrons. The van der Waals surface area contributed by atoms with Gasteiger partial charge in [-0.3, -0.25) is 14.3 Å². The summed E-state index contributed by atoms with van der Waals surface area (Å²) in [6, 6.07) is 20.2. The van der Waals surface area contributed by atoms with Gasteiger partial charge in [0.25, 0.3) is 5.56 Å². The van der Waals surface area contributed by atoms with Gasteiger partial charge in [0.2, 0.25) is 0 Å². The molecule has 1 fully saturated rings. The van der Waals surface area contributed by atoms with Gasteiger partial charge in [-0.1, -0.05) is 36.4 Å². The summed E-state index contributed by atoms with van der Waals surface area (Å²) < 4.78 is 1.57. The second-order valence-corrected chi connectivity index (χ2v) is 7.71. The van der Waals surface area contributed by atoms with Crippen molar-refractivity contribution in [2.24, 2.45) is 0 Å². The Morgan fingerprint density at radius 1 is 0.900 bits per heavy atom. The number of hydrogen-bond acceptors (Lipinski definition) is 5. The first-order valence-corrected chi connectivity index (χ1v) is 10.3. The largest absolute Gasteiger partial charge is 0.357 e. The molecular weight excluding hydrogens is 374 g/mol. The smallest absolute Gasteiger partial charge is 0.280 e. The molecule has 0 bridgehead atoms. The molecule has 1 aliphatic rings. The van der Waals surface area contributed by atoms with Crippen molar-refractivity contribution in [3.63, 3.8) is 0 Å². The minimum atomic E-state index is -0.133. The van der Waals surface area contributed by atoms with E-state index in [4.69, 9.17) is 4.98 Å². The molecule has 1 saturated heterocycles. The second-order valence-electron chi connectivity index (χ2n) is 7.71. The Bertz CT molecular complexity index is 1200. The van der Waals surface area contributed by atoms with Crippen LogP contribution in [0.1, 0.15) is 30.0 Å². The number of pyridine rings is 2. The zero-order valence-electron chi connectivity index (χ0n) is 16.7. The number of benzene rings is 1. The lowest BCUT2D eigenvalue weighted by molar-refractivity contribution is 0.503. The average molecular weight is 397 g/mol. The van der Waals surface area contributed by atoms with Crippen LogP contribution >= 0.6 is 0 Å². The molecule has 6 heteroatoms. The highest BCUT2D eigenvalue weighted by Crippen LogP contribution is 2.29. The van der Waals surface area contributed by atoms with E-state index in [9.17, 15) is 4.79 Å². The number of fused-ring (bicyclic) bond motifs is 1. The van der Waals surface area contributed by atoms with Gasteiger partial charge in [0, 0.05) is 19.3 Å². The molecule has 0 saturated carbocycles. The van der Waals surface area contributed by atoms with Gasteiger partial charge in [0.05, 0.1) is 24.1 Å². The van der Waals surface area contributed by atoms with Gasteiger partial charge < -0.3 is 4.90 Å². The minimum absolute atomic E-state index is 0.133. The Morgan fingerprint density at radius 2 is 1.70 bits per heavy atom. The van der Waals surface area contributed by atoms with Crippen LogP contribution in [0.2, 0.25) is 0 Å². The maximum absolute atomic E-state index is 13.0. The van der Waals surface area contributed by atoms with E-state index >= 15 is 0 Å². The molecule has 150 valence electrons. The fraction of sp³-hybridized carbons (Fsp3) is 0.250. The van der Waals surface area contributed by atoms with Crippen LogP contribution in [0.15, 0.2) is 78.0 Å². The van der Waals surface area contributed by atoms with Crippen molar-refractivity contribution < 1.29 is 0 Å². The third kappa shape index (κ3) is 3.68. The van der Waals surface area contributed by atoms with Crippen molar-refractivity contribution in [3.05, 3.63) is 94.8 Å². The molecular formula is C24H23N5O. The summed E-state index contributed by atoms with van der Waals surface area (Å²) in [7, 11) is 0. The van der Waals surface area contributed by atoms with Crippen molar-refractivity contribution in [1.29, 1.82) is 0 Å². The lowest BCUT2D eigenvalue weighted by atomic mass is 9.89. The molecule has 4 aromatic rings. The van der Waals surface area contributed by atoms with Crippen molar-refractivity contribution in [1.82, 2.24) is 19.5 Å². The van der Waals surface area contributed by atoms with Crippen LogP contribution in [-0.2, 0) is 6.54 Å². The Hall–Kier alpha value is -3.54. The van der Waals surface area contributed by atoms with Gasteiger partial charge in [0.15, 0.2) is 5.52 Å². The van der Waals surface area contributed by atoms with Crippen LogP contribution in [0.3, 0.4) is 0 Å². The third-order valence-corrected chi connectivity index (χ3v) is 5.81. The zero-order chi connectivity index (χ0) is 20.3. The lowest BCUT2D eigenvalue weighted by Crippen LogP contribution is -2.33. The van der Waals surface area contributed by atoms with Crippen LogP contribution in [0.4, 0.5) is 5.82 Å². The molecule has 1 aliphatic heterocycles. The van der Waals surface area contributed by atoms with Gasteiger partial charge in [-0.25, -0.2) is 9.97 Å². The number of aromatic nitrogens is 4. The molecule has 6 nitrogen and oxygen atoms in total. The fourth-order valence-corrected chi connectivity index (χ4v) is 4.15. The Kier molecular flexibility index (Phi) is 4.97. The number of nitrogens with zero attached hydrogens (tertiary/aromatic N) is 5. The van der Waals surface area contributed by atoms with E-state index in [-0.39, 0.29) is 5.56 Å². The Labute approximate surface area is 174 Å². The molecule has 0 unspecified atom stereocenters. The first-order valence-electron chi connectivity index (χ1n) is 10.3. The number of rotatable bonds is 4. The topological polar surface area (TPSA) is 63.9 Å². The highest BCUT2D eigenvalue weighted by atomic mass is 16.1. The van der Waals surface area contributed by atoms with Crippen LogP contribution in [0, 0.1) is 0 Å². The molecule has 30 heavy (non-hydrogen) atoms. The first-order chi connectivity index (χ1) is 14.8. The molecule has 0 amide bonds. The monoisotopic (exact) mass is 397 g/mol. The van der Waals surface area contributed by atoms with E-state index in [1.54, 1.807) is 17.1 Å². The van der Waals surface area contributed by atoms with Crippen molar-refractivity contribution in [3.8, 4) is 0 Å². The van der Waals surface area contributed by atoms with Crippen LogP contribution in [0.5, 0.6) is 0 Å². The normalized spacial score (nSPS) is 14.9. The zero-order valence-corrected chi connectivity index (χ0v) is 16.7. The van der Waals surface area contributed by atoms with Gasteiger partial charge in [-0.2, -0.15) is 0 Å². The van der Waals surface area contributed by atoms with Crippen molar-refractivity contribution in [2.75, 3.05) is 18.0 Å². The van der Waals surface area contributed by atoms with Crippen LogP contribution < -0.4 is 10.5 Å². The average Bonchev–Trinajstić information content (AvgIpc) is 2.82. The summed E-state index contributed by atoms with van der Waals surface area (Å²) in [6.45, 7) is 2.25. The maximum Gasteiger partial charge on any atom is 0.280 e. The summed E-state index contributed by atoms with van der Waals surface area (Å²) in [5.41, 5.74) is 3.13. The SMILES string of the molecule is O=c1c2nc(N3CCC(c4ccccc4)CC3)ccc2ncn1Cc1ccccn1. The molecule has 0 atom stereocenters. The van der Waals surface area contributed by atoms with E-state index in [0.29, 0.717) is 23.5 Å². The van der Waals surface area contributed by atoms with Crippen LogP contribution in [0.25, 0.3) is 11.0 Å². The summed E-state index contributed by atoms with van der Waals surface area (Å²) in [5, 5.41) is 0. The molecule has 0 N–H and O–H groups in total. The highest BCUT2D eigenvalue weighted by Gasteiger charge is 2.22. The minimum Gasteiger partial charge on any atom is -0.357 e. The summed E-state index contributed by atoms with van der Waals surface area (Å²) in [4.78, 5) is 28.7. The van der Waals surface area contributed by atoms with E-state index in [1.807, 2.05) is 30.3 Å². The molecule has 0 aliphatic carbocycles. The predicted octanol–water partition coefficient (Wildman–Crippen LogP) is 3.62. The van der Waals surface area contributed by atoms with E-state index < -0.39 is 0 Å². The standard InChI is InChI=1S/C24H23N5O/c30-24-23-21(26-17-29(24)16-20-8-4-5-13-25-20)9-10-22(27-23)28-14-11-19(12-15-28)18-6-2-1-3-7-18/h1-10,13,17,19H,11-12,14-16H2. The third-order valence-electron chi connectivity index (χ3n) is 5.81. The Morgan fingerprint density at radius 3 is 2.47 bits per heavy atom. The van der Waals surface area contributed by atoms with Gasteiger partial charge in [-0.05, 0) is 48.6 Å². The summed E-state index contributed by atoms with van der Waals surface area (Å²) in [6.07, 6.45) is 5.47. The number of anilines is 1. The molecule has 1 aromatic carbocycles. The molecule has 0 spiro atoms. The van der Waals surface area contributed by atoms with E-state index in [1.165, 1.54) is 5.56 Å². The lowest BCUT2D eigenvalue weighted by Gasteiger charge is -2.33. The molecule has 4 heterocycles. The number of hydrogen-bond donors (Lipinski definition) is 0. The van der Waals surface area contributed by atoms with Crippen molar-refractivity contribution >= 4 is 16.9 Å². The second kappa shape index (κ2) is 8.06. The fourth-order valence-electron chi connectivity index (χ4n) is 4.15. The van der Waals surface area contributed by atoms with Gasteiger partial charge in [0.1, 0.15) is 5.82 Å². The van der Waals surface area contributed by atoms with Crippen molar-refractivity contribution in [2.45, 2.75) is 25.3 Å². The molecule has 3 aromatic heterocycles. The van der Waals surface area contributed by atoms with Crippen LogP contribution in [-0.4, -0.2) is 32.6 Å². The van der Waals surface area contributed by atoms with Gasteiger partial charge >= 0.3 is 0 Å². The highest BCUT2D eigenvalue weighted by molar-refractivity contribution is 5.75. The first kappa shape index (κ1) is 18.5. The predicted molar refractivity (Wildman–Crippen MR) is 118 cm³/mol. The quantitative estimate of drug-likeness (QED) is 0.526. The molecule has 5 rings (SSSR count). The summed E-state index contributed by atoms with van der Waals surface area (Å²) >= 11 is 0. The summed E-state index contributed by atoms with van der Waals surface area (Å²) in [5.74, 6) is 1.43. The van der Waals surface area contributed by atoms with E-state index in [0.717, 1.165) is 37.4 Å². The number of piperidine rings is 1.